The Morgan fingerprint density at radius 3 is 2.77 bits per heavy atom. The van der Waals surface area contributed by atoms with Crippen LogP contribution in [0.1, 0.15) is 59.5 Å². The van der Waals surface area contributed by atoms with Crippen molar-refractivity contribution in [1.82, 2.24) is 4.90 Å². The lowest BCUT2D eigenvalue weighted by Gasteiger charge is -2.50. The number of rotatable bonds is 1. The van der Waals surface area contributed by atoms with Gasteiger partial charge in [0.2, 0.25) is 5.91 Å². The van der Waals surface area contributed by atoms with Crippen LogP contribution in [0, 0.1) is 6.92 Å². The Morgan fingerprint density at radius 2 is 1.92 bits per heavy atom. The van der Waals surface area contributed by atoms with Crippen molar-refractivity contribution in [2.45, 2.75) is 57.0 Å². The molecule has 2 aromatic carbocycles. The molecule has 3 heteroatoms. The van der Waals surface area contributed by atoms with Crippen molar-refractivity contribution in [2.75, 3.05) is 7.11 Å². The molecule has 0 bridgehead atoms. The first-order valence-electron chi connectivity index (χ1n) is 9.69. The van der Waals surface area contributed by atoms with Crippen LogP contribution in [0.15, 0.2) is 36.4 Å². The Balaban J connectivity index is 1.73. The number of piperidine rings is 1. The van der Waals surface area contributed by atoms with E-state index < -0.39 is 0 Å². The summed E-state index contributed by atoms with van der Waals surface area (Å²) >= 11 is 0. The van der Waals surface area contributed by atoms with Gasteiger partial charge in [0.15, 0.2) is 0 Å². The molecule has 26 heavy (non-hydrogen) atoms. The van der Waals surface area contributed by atoms with Crippen molar-refractivity contribution in [3.63, 3.8) is 0 Å². The standard InChI is InChI=1S/C23H25NO2/c1-15-5-6-17-14-24-21(25)9-11-23(22(24)19(17)12-15)10-3-4-16-7-8-18(26-2)13-20(16)23/h5-8,12-13,22H,3-4,9-11,14H2,1-2H3/t22-,23+/m1/s1. The number of carbonyl (C=O) groups is 1. The normalized spacial score (nSPS) is 26.5. The van der Waals surface area contributed by atoms with Crippen LogP contribution in [0.25, 0.3) is 0 Å². The summed E-state index contributed by atoms with van der Waals surface area (Å²) in [6.45, 7) is 2.91. The molecular weight excluding hydrogens is 322 g/mol. The van der Waals surface area contributed by atoms with Crippen molar-refractivity contribution in [3.05, 3.63) is 64.2 Å². The summed E-state index contributed by atoms with van der Waals surface area (Å²) in [5, 5.41) is 0. The second-order valence-corrected chi connectivity index (χ2v) is 8.16. The van der Waals surface area contributed by atoms with E-state index in [9.17, 15) is 4.79 Å². The number of fused-ring (bicyclic) bond motifs is 6. The molecule has 2 atom stereocenters. The summed E-state index contributed by atoms with van der Waals surface area (Å²) < 4.78 is 5.55. The summed E-state index contributed by atoms with van der Waals surface area (Å²) in [4.78, 5) is 14.9. The van der Waals surface area contributed by atoms with Crippen molar-refractivity contribution >= 4 is 5.91 Å². The predicted octanol–water partition coefficient (Wildman–Crippen LogP) is 4.46. The van der Waals surface area contributed by atoms with E-state index in [0.717, 1.165) is 31.6 Å². The van der Waals surface area contributed by atoms with Gasteiger partial charge in [0.25, 0.3) is 0 Å². The summed E-state index contributed by atoms with van der Waals surface area (Å²) in [7, 11) is 1.74. The summed E-state index contributed by atoms with van der Waals surface area (Å²) in [6, 6.07) is 13.4. The summed E-state index contributed by atoms with van der Waals surface area (Å²) in [5.74, 6) is 1.24. The molecule has 0 radical (unpaired) electrons. The van der Waals surface area contributed by atoms with Gasteiger partial charge in [0.05, 0.1) is 13.2 Å². The van der Waals surface area contributed by atoms with Crippen LogP contribution in [0.3, 0.4) is 0 Å². The minimum absolute atomic E-state index is 0.0229. The molecule has 3 aliphatic rings. The number of carbonyl (C=O) groups excluding carboxylic acids is 1. The Bertz CT molecular complexity index is 903. The van der Waals surface area contributed by atoms with Crippen LogP contribution in [0.5, 0.6) is 5.75 Å². The molecule has 3 nitrogen and oxygen atoms in total. The molecule has 2 heterocycles. The zero-order valence-corrected chi connectivity index (χ0v) is 15.5. The van der Waals surface area contributed by atoms with Crippen LogP contribution in [-0.2, 0) is 23.2 Å². The SMILES string of the molecule is COc1ccc2c(c1)[C@]1(CCC2)CCC(=O)N2Cc3ccc(C)cc3[C@@H]21. The number of methoxy groups -OCH3 is 1. The van der Waals surface area contributed by atoms with E-state index in [-0.39, 0.29) is 11.5 Å². The Morgan fingerprint density at radius 1 is 1.08 bits per heavy atom. The van der Waals surface area contributed by atoms with E-state index in [4.69, 9.17) is 4.74 Å². The fourth-order valence-electron chi connectivity index (χ4n) is 5.63. The minimum Gasteiger partial charge on any atom is -0.497 e. The third-order valence-electron chi connectivity index (χ3n) is 6.80. The van der Waals surface area contributed by atoms with E-state index in [1.165, 1.54) is 34.2 Å². The van der Waals surface area contributed by atoms with Gasteiger partial charge in [-0.3, -0.25) is 4.79 Å². The fraction of sp³-hybridized carbons (Fsp3) is 0.435. The number of hydrogen-bond donors (Lipinski definition) is 0. The number of amides is 1. The molecule has 1 fully saturated rings. The average molecular weight is 347 g/mol. The smallest absolute Gasteiger partial charge is 0.223 e. The zero-order chi connectivity index (χ0) is 17.9. The number of benzene rings is 2. The van der Waals surface area contributed by atoms with Crippen LogP contribution in [-0.4, -0.2) is 17.9 Å². The maximum absolute atomic E-state index is 12.8. The quantitative estimate of drug-likeness (QED) is 0.762. The molecular formula is C23H25NO2. The van der Waals surface area contributed by atoms with Crippen LogP contribution in [0.2, 0.25) is 0 Å². The van der Waals surface area contributed by atoms with Gasteiger partial charge in [0.1, 0.15) is 5.75 Å². The van der Waals surface area contributed by atoms with E-state index in [1.807, 2.05) is 0 Å². The third kappa shape index (κ3) is 2.09. The summed E-state index contributed by atoms with van der Waals surface area (Å²) in [5.41, 5.74) is 6.85. The van der Waals surface area contributed by atoms with Gasteiger partial charge in [-0.15, -0.1) is 0 Å². The molecule has 134 valence electrons. The van der Waals surface area contributed by atoms with E-state index in [0.29, 0.717) is 12.3 Å². The molecule has 0 aromatic heterocycles. The van der Waals surface area contributed by atoms with Gasteiger partial charge in [-0.25, -0.2) is 0 Å². The van der Waals surface area contributed by atoms with Gasteiger partial charge >= 0.3 is 0 Å². The highest BCUT2D eigenvalue weighted by Crippen LogP contribution is 2.57. The van der Waals surface area contributed by atoms with E-state index >= 15 is 0 Å². The largest absolute Gasteiger partial charge is 0.497 e. The summed E-state index contributed by atoms with van der Waals surface area (Å²) in [6.07, 6.45) is 5.07. The second-order valence-electron chi connectivity index (χ2n) is 8.16. The maximum atomic E-state index is 12.8. The molecule has 1 aliphatic carbocycles. The van der Waals surface area contributed by atoms with Crippen molar-refractivity contribution in [1.29, 1.82) is 0 Å². The van der Waals surface area contributed by atoms with Crippen molar-refractivity contribution < 1.29 is 9.53 Å². The number of aryl methyl sites for hydroxylation is 2. The lowest BCUT2D eigenvalue weighted by molar-refractivity contribution is -0.140. The van der Waals surface area contributed by atoms with Crippen molar-refractivity contribution in [2.24, 2.45) is 0 Å². The van der Waals surface area contributed by atoms with E-state index in [2.05, 4.69) is 48.2 Å². The number of ether oxygens (including phenoxy) is 1. The first kappa shape index (κ1) is 15.9. The molecule has 1 spiro atoms. The highest BCUT2D eigenvalue weighted by molar-refractivity contribution is 5.80. The second kappa shape index (κ2) is 5.60. The number of hydrogen-bond acceptors (Lipinski definition) is 2. The molecule has 1 amide bonds. The monoisotopic (exact) mass is 347 g/mol. The van der Waals surface area contributed by atoms with Gasteiger partial charge in [-0.05, 0) is 67.0 Å². The first-order chi connectivity index (χ1) is 12.6. The Labute approximate surface area is 155 Å². The molecule has 5 rings (SSSR count). The van der Waals surface area contributed by atoms with Crippen molar-refractivity contribution in [3.8, 4) is 5.75 Å². The van der Waals surface area contributed by atoms with Gasteiger partial charge in [0, 0.05) is 18.4 Å². The molecule has 2 aliphatic heterocycles. The lowest BCUT2D eigenvalue weighted by atomic mass is 9.60. The van der Waals surface area contributed by atoms with Gasteiger partial charge in [-0.1, -0.05) is 29.8 Å². The average Bonchev–Trinajstić information content (AvgIpc) is 3.05. The first-order valence-corrected chi connectivity index (χ1v) is 9.69. The Kier molecular flexibility index (Phi) is 3.43. The van der Waals surface area contributed by atoms with Gasteiger partial charge in [-0.2, -0.15) is 0 Å². The lowest BCUT2D eigenvalue weighted by Crippen LogP contribution is -2.49. The molecule has 2 aromatic rings. The molecule has 0 unspecified atom stereocenters. The third-order valence-corrected chi connectivity index (χ3v) is 6.80. The predicted molar refractivity (Wildman–Crippen MR) is 101 cm³/mol. The topological polar surface area (TPSA) is 29.5 Å². The number of nitrogens with zero attached hydrogens (tertiary/aromatic N) is 1. The van der Waals surface area contributed by atoms with Crippen LogP contribution < -0.4 is 4.74 Å². The zero-order valence-electron chi connectivity index (χ0n) is 15.5. The fourth-order valence-corrected chi connectivity index (χ4v) is 5.63. The minimum atomic E-state index is 0.0229. The van der Waals surface area contributed by atoms with E-state index in [1.54, 1.807) is 7.11 Å². The molecule has 0 saturated carbocycles. The highest BCUT2D eigenvalue weighted by atomic mass is 16.5. The van der Waals surface area contributed by atoms with Crippen LogP contribution >= 0.6 is 0 Å². The maximum Gasteiger partial charge on any atom is 0.223 e. The molecule has 0 N–H and O–H groups in total. The van der Waals surface area contributed by atoms with Crippen LogP contribution in [0.4, 0.5) is 0 Å². The Hall–Kier alpha value is -2.29. The molecule has 1 saturated heterocycles. The van der Waals surface area contributed by atoms with Gasteiger partial charge < -0.3 is 9.64 Å². The highest BCUT2D eigenvalue weighted by Gasteiger charge is 2.53.